The van der Waals surface area contributed by atoms with E-state index in [1.165, 1.54) is 11.1 Å². The van der Waals surface area contributed by atoms with Crippen molar-refractivity contribution in [2.75, 3.05) is 45.9 Å². The van der Waals surface area contributed by atoms with Gasteiger partial charge in [0, 0.05) is 32.7 Å². The van der Waals surface area contributed by atoms with Gasteiger partial charge in [-0.15, -0.1) is 24.8 Å². The van der Waals surface area contributed by atoms with Crippen molar-refractivity contribution in [3.05, 3.63) is 29.3 Å². The Labute approximate surface area is 165 Å². The Balaban J connectivity index is 0.00000288. The fourth-order valence-corrected chi connectivity index (χ4v) is 3.07. The smallest absolute Gasteiger partial charge is 0.123 e. The van der Waals surface area contributed by atoms with Crippen LogP contribution in [0.1, 0.15) is 37.8 Å². The van der Waals surface area contributed by atoms with Crippen LogP contribution in [0.2, 0.25) is 0 Å². The summed E-state index contributed by atoms with van der Waals surface area (Å²) < 4.78 is 5.94. The fourth-order valence-electron chi connectivity index (χ4n) is 3.07. The van der Waals surface area contributed by atoms with E-state index in [9.17, 15) is 5.11 Å². The second-order valence-corrected chi connectivity index (χ2v) is 6.90. The third-order valence-corrected chi connectivity index (χ3v) is 4.60. The lowest BCUT2D eigenvalue weighted by Crippen LogP contribution is -2.49. The summed E-state index contributed by atoms with van der Waals surface area (Å²) in [6.45, 7) is 15.0. The van der Waals surface area contributed by atoms with Crippen LogP contribution in [0, 0.1) is 6.92 Å². The zero-order valence-electron chi connectivity index (χ0n) is 15.9. The molecule has 0 spiro atoms. The summed E-state index contributed by atoms with van der Waals surface area (Å²) in [5.41, 5.74) is 2.40. The molecule has 0 aliphatic carbocycles. The maximum Gasteiger partial charge on any atom is 0.123 e. The minimum absolute atomic E-state index is 0. The maximum atomic E-state index is 10.3. The minimum Gasteiger partial charge on any atom is -0.491 e. The van der Waals surface area contributed by atoms with Gasteiger partial charge in [-0.05, 0) is 36.6 Å². The molecule has 1 aliphatic heterocycles. The van der Waals surface area contributed by atoms with Crippen LogP contribution in [0.15, 0.2) is 18.2 Å². The van der Waals surface area contributed by atoms with Crippen LogP contribution in [-0.4, -0.2) is 66.9 Å². The molecule has 25 heavy (non-hydrogen) atoms. The quantitative estimate of drug-likeness (QED) is 0.771. The normalized spacial score (nSPS) is 16.9. The van der Waals surface area contributed by atoms with Crippen LogP contribution >= 0.6 is 24.8 Å². The largest absolute Gasteiger partial charge is 0.491 e. The second kappa shape index (κ2) is 12.0. The van der Waals surface area contributed by atoms with Crippen molar-refractivity contribution in [3.8, 4) is 5.75 Å². The van der Waals surface area contributed by atoms with Gasteiger partial charge in [0.15, 0.2) is 0 Å². The molecule has 1 N–H and O–H groups in total. The summed E-state index contributed by atoms with van der Waals surface area (Å²) in [6, 6.07) is 6.32. The first-order valence-corrected chi connectivity index (χ1v) is 8.85. The lowest BCUT2D eigenvalue weighted by atomic mass is 10.0. The highest BCUT2D eigenvalue weighted by molar-refractivity contribution is 5.85. The van der Waals surface area contributed by atoms with Gasteiger partial charge in [0.1, 0.15) is 18.5 Å². The van der Waals surface area contributed by atoms with E-state index in [4.69, 9.17) is 4.74 Å². The molecule has 6 heteroatoms. The molecule has 0 radical (unpaired) electrons. The summed E-state index contributed by atoms with van der Waals surface area (Å²) >= 11 is 0. The molecule has 1 unspecified atom stereocenters. The number of ether oxygens (including phenoxy) is 1. The van der Waals surface area contributed by atoms with E-state index in [0.717, 1.165) is 38.5 Å². The standard InChI is InChI=1S/C19H32N2O2.2ClH/c1-5-20-8-10-21(11-9-20)13-17(22)14-23-19-12-16(4)6-7-18(19)15(2)3;;/h6-7,12,15,17,22H,5,8-11,13-14H2,1-4H3;2*1H. The average Bonchev–Trinajstić information content (AvgIpc) is 2.53. The zero-order chi connectivity index (χ0) is 16.8. The summed E-state index contributed by atoms with van der Waals surface area (Å²) in [7, 11) is 0. The highest BCUT2D eigenvalue weighted by Gasteiger charge is 2.19. The number of benzene rings is 1. The molecule has 2 rings (SSSR count). The summed E-state index contributed by atoms with van der Waals surface area (Å²) in [6.07, 6.45) is -0.441. The molecule has 0 amide bonds. The van der Waals surface area contributed by atoms with E-state index in [-0.39, 0.29) is 24.8 Å². The third-order valence-electron chi connectivity index (χ3n) is 4.60. The van der Waals surface area contributed by atoms with Crippen molar-refractivity contribution in [2.24, 2.45) is 0 Å². The molecule has 1 heterocycles. The van der Waals surface area contributed by atoms with E-state index in [0.29, 0.717) is 19.1 Å². The molecule has 1 aliphatic rings. The molecule has 0 bridgehead atoms. The number of nitrogens with zero attached hydrogens (tertiary/aromatic N) is 2. The summed E-state index contributed by atoms with van der Waals surface area (Å²) in [4.78, 5) is 4.78. The van der Waals surface area contributed by atoms with Crippen LogP contribution in [0.3, 0.4) is 0 Å². The van der Waals surface area contributed by atoms with Crippen molar-refractivity contribution in [1.29, 1.82) is 0 Å². The number of hydrogen-bond acceptors (Lipinski definition) is 4. The number of rotatable bonds is 7. The molecule has 4 nitrogen and oxygen atoms in total. The molecule has 0 aromatic heterocycles. The Kier molecular flexibility index (Phi) is 11.7. The lowest BCUT2D eigenvalue weighted by Gasteiger charge is -2.35. The molecule has 1 aromatic rings. The number of aliphatic hydroxyl groups is 1. The lowest BCUT2D eigenvalue weighted by molar-refractivity contribution is 0.0468. The van der Waals surface area contributed by atoms with Crippen molar-refractivity contribution >= 4 is 24.8 Å². The first-order valence-electron chi connectivity index (χ1n) is 8.85. The van der Waals surface area contributed by atoms with E-state index in [1.54, 1.807) is 0 Å². The Morgan fingerprint density at radius 1 is 1.08 bits per heavy atom. The number of piperazine rings is 1. The van der Waals surface area contributed by atoms with Crippen LogP contribution < -0.4 is 4.74 Å². The number of β-amino-alcohol motifs (C(OH)–C–C–N with tert-alkyl or cyclic N) is 1. The van der Waals surface area contributed by atoms with Crippen LogP contribution in [0.25, 0.3) is 0 Å². The van der Waals surface area contributed by atoms with Crippen molar-refractivity contribution in [2.45, 2.75) is 39.7 Å². The van der Waals surface area contributed by atoms with Gasteiger partial charge in [0.05, 0.1) is 0 Å². The molecule has 1 fully saturated rings. The van der Waals surface area contributed by atoms with E-state index in [2.05, 4.69) is 55.7 Å². The van der Waals surface area contributed by atoms with Gasteiger partial charge in [-0.25, -0.2) is 0 Å². The molecule has 146 valence electrons. The van der Waals surface area contributed by atoms with E-state index >= 15 is 0 Å². The van der Waals surface area contributed by atoms with Crippen molar-refractivity contribution in [1.82, 2.24) is 9.80 Å². The van der Waals surface area contributed by atoms with Crippen LogP contribution in [-0.2, 0) is 0 Å². The van der Waals surface area contributed by atoms with Gasteiger partial charge in [-0.2, -0.15) is 0 Å². The van der Waals surface area contributed by atoms with Gasteiger partial charge >= 0.3 is 0 Å². The molecule has 1 atom stereocenters. The molecular weight excluding hydrogens is 359 g/mol. The molecule has 1 saturated heterocycles. The number of aliphatic hydroxyl groups excluding tert-OH is 1. The zero-order valence-corrected chi connectivity index (χ0v) is 17.5. The summed E-state index contributed by atoms with van der Waals surface area (Å²) in [5, 5.41) is 10.3. The highest BCUT2D eigenvalue weighted by atomic mass is 35.5. The van der Waals surface area contributed by atoms with Gasteiger partial charge in [0.2, 0.25) is 0 Å². The van der Waals surface area contributed by atoms with Gasteiger partial charge in [-0.1, -0.05) is 32.9 Å². The van der Waals surface area contributed by atoms with Crippen LogP contribution in [0.4, 0.5) is 0 Å². The van der Waals surface area contributed by atoms with Crippen molar-refractivity contribution < 1.29 is 9.84 Å². The Bertz CT molecular complexity index is 492. The van der Waals surface area contributed by atoms with Gasteiger partial charge in [0.25, 0.3) is 0 Å². The number of likely N-dealkylation sites (N-methyl/N-ethyl adjacent to an activating group) is 1. The monoisotopic (exact) mass is 392 g/mol. The number of hydrogen-bond donors (Lipinski definition) is 1. The second-order valence-electron chi connectivity index (χ2n) is 6.90. The van der Waals surface area contributed by atoms with Gasteiger partial charge < -0.3 is 14.7 Å². The van der Waals surface area contributed by atoms with E-state index < -0.39 is 6.10 Å². The molecular formula is C19H34Cl2N2O2. The molecule has 0 saturated carbocycles. The topological polar surface area (TPSA) is 35.9 Å². The highest BCUT2D eigenvalue weighted by Crippen LogP contribution is 2.27. The fraction of sp³-hybridized carbons (Fsp3) is 0.684. The minimum atomic E-state index is -0.441. The Morgan fingerprint density at radius 3 is 2.24 bits per heavy atom. The average molecular weight is 393 g/mol. The molecule has 1 aromatic carbocycles. The maximum absolute atomic E-state index is 10.3. The predicted octanol–water partition coefficient (Wildman–Crippen LogP) is 3.34. The van der Waals surface area contributed by atoms with E-state index in [1.807, 2.05) is 0 Å². The summed E-state index contributed by atoms with van der Waals surface area (Å²) in [5.74, 6) is 1.33. The third kappa shape index (κ3) is 7.71. The Morgan fingerprint density at radius 2 is 1.68 bits per heavy atom. The SMILES string of the molecule is CCN1CCN(CC(O)COc2cc(C)ccc2C(C)C)CC1.Cl.Cl. The number of halogens is 2. The number of aryl methyl sites for hydroxylation is 1. The predicted molar refractivity (Wildman–Crippen MR) is 110 cm³/mol. The first kappa shape index (κ1) is 24.5. The van der Waals surface area contributed by atoms with Gasteiger partial charge in [-0.3, -0.25) is 4.90 Å². The van der Waals surface area contributed by atoms with Crippen molar-refractivity contribution in [3.63, 3.8) is 0 Å². The first-order chi connectivity index (χ1) is 11.0. The Hall–Kier alpha value is -0.520. The van der Waals surface area contributed by atoms with Crippen LogP contribution in [0.5, 0.6) is 5.75 Å².